The molecule has 0 fully saturated rings. The van der Waals surface area contributed by atoms with Crippen molar-refractivity contribution in [3.63, 3.8) is 0 Å². The molecule has 148 valence electrons. The Morgan fingerprint density at radius 1 is 1.21 bits per heavy atom. The molecule has 0 aliphatic carbocycles. The summed E-state index contributed by atoms with van der Waals surface area (Å²) in [6.07, 6.45) is -0.456. The lowest BCUT2D eigenvalue weighted by Crippen LogP contribution is -2.36. The van der Waals surface area contributed by atoms with Crippen LogP contribution in [0.1, 0.15) is 18.9 Å². The highest BCUT2D eigenvalue weighted by molar-refractivity contribution is 7.90. The Morgan fingerprint density at radius 2 is 1.89 bits per heavy atom. The standard InChI is InChI=1S/C18H16Cl2N2O5S/c1-2-15-18(24)21-14-8-10(6-7-16(14)27-15)28(25,26)22-17(23)9-11-12(19)4-3-5-13(11)20/h3-8,15H,2,9H2,1H3,(H,21,24)(H,22,23). The quantitative estimate of drug-likeness (QED) is 0.740. The third kappa shape index (κ3) is 4.24. The summed E-state index contributed by atoms with van der Waals surface area (Å²) in [4.78, 5) is 23.9. The zero-order valence-electron chi connectivity index (χ0n) is 14.7. The van der Waals surface area contributed by atoms with Crippen LogP contribution in [0.5, 0.6) is 5.75 Å². The van der Waals surface area contributed by atoms with Crippen LogP contribution in [-0.4, -0.2) is 26.3 Å². The highest BCUT2D eigenvalue weighted by Crippen LogP contribution is 2.32. The fraction of sp³-hybridized carbons (Fsp3) is 0.222. The van der Waals surface area contributed by atoms with Crippen molar-refractivity contribution in [1.29, 1.82) is 0 Å². The topological polar surface area (TPSA) is 102 Å². The van der Waals surface area contributed by atoms with Crippen molar-refractivity contribution in [3.05, 3.63) is 52.0 Å². The van der Waals surface area contributed by atoms with Crippen LogP contribution in [0.15, 0.2) is 41.3 Å². The molecule has 1 unspecified atom stereocenters. The maximum absolute atomic E-state index is 12.5. The molecule has 28 heavy (non-hydrogen) atoms. The molecule has 0 saturated carbocycles. The second kappa shape index (κ2) is 7.98. The number of carbonyl (C=O) groups is 2. The van der Waals surface area contributed by atoms with Gasteiger partial charge in [-0.2, -0.15) is 0 Å². The maximum Gasteiger partial charge on any atom is 0.265 e. The van der Waals surface area contributed by atoms with E-state index >= 15 is 0 Å². The molecule has 2 N–H and O–H groups in total. The molecule has 1 aliphatic rings. The smallest absolute Gasteiger partial charge is 0.265 e. The first kappa shape index (κ1) is 20.4. The van der Waals surface area contributed by atoms with Gasteiger partial charge >= 0.3 is 0 Å². The second-order valence-electron chi connectivity index (χ2n) is 6.07. The fourth-order valence-electron chi connectivity index (χ4n) is 2.67. The Balaban J connectivity index is 1.79. The molecule has 0 radical (unpaired) electrons. The molecular weight excluding hydrogens is 427 g/mol. The van der Waals surface area contributed by atoms with Gasteiger partial charge in [0, 0.05) is 10.0 Å². The Bertz CT molecular complexity index is 1040. The summed E-state index contributed by atoms with van der Waals surface area (Å²) < 4.78 is 32.6. The normalized spacial score (nSPS) is 16.0. The monoisotopic (exact) mass is 442 g/mol. The molecule has 0 spiro atoms. The van der Waals surface area contributed by atoms with Crippen molar-refractivity contribution in [1.82, 2.24) is 4.72 Å². The Hall–Kier alpha value is -2.29. The van der Waals surface area contributed by atoms with E-state index < -0.39 is 22.0 Å². The van der Waals surface area contributed by atoms with Gasteiger partial charge in [0.25, 0.3) is 15.9 Å². The molecule has 3 rings (SSSR count). The predicted molar refractivity (Wildman–Crippen MR) is 105 cm³/mol. The van der Waals surface area contributed by atoms with Crippen LogP contribution in [0.2, 0.25) is 10.0 Å². The van der Waals surface area contributed by atoms with Gasteiger partial charge in [-0.05, 0) is 42.3 Å². The molecule has 1 atom stereocenters. The van der Waals surface area contributed by atoms with Gasteiger partial charge in [-0.15, -0.1) is 0 Å². The summed E-state index contributed by atoms with van der Waals surface area (Å²) in [6.45, 7) is 1.80. The molecule has 1 aliphatic heterocycles. The molecule has 0 bridgehead atoms. The number of hydrogen-bond donors (Lipinski definition) is 2. The molecular formula is C18H16Cl2N2O5S. The van der Waals surface area contributed by atoms with Crippen LogP contribution in [0, 0.1) is 0 Å². The van der Waals surface area contributed by atoms with Gasteiger partial charge in [-0.3, -0.25) is 9.59 Å². The first-order valence-corrected chi connectivity index (χ1v) is 10.5. The number of halogens is 2. The minimum Gasteiger partial charge on any atom is -0.478 e. The van der Waals surface area contributed by atoms with Gasteiger partial charge < -0.3 is 10.1 Å². The highest BCUT2D eigenvalue weighted by atomic mass is 35.5. The van der Waals surface area contributed by atoms with Crippen LogP contribution in [0.3, 0.4) is 0 Å². The fourth-order valence-corrected chi connectivity index (χ4v) is 4.21. The van der Waals surface area contributed by atoms with Crippen LogP contribution < -0.4 is 14.8 Å². The van der Waals surface area contributed by atoms with Crippen molar-refractivity contribution >= 4 is 50.7 Å². The molecule has 2 aromatic carbocycles. The summed E-state index contributed by atoms with van der Waals surface area (Å²) >= 11 is 12.0. The molecule has 2 aromatic rings. The van der Waals surface area contributed by atoms with E-state index in [0.717, 1.165) is 0 Å². The van der Waals surface area contributed by atoms with E-state index in [-0.39, 0.29) is 33.0 Å². The third-order valence-electron chi connectivity index (χ3n) is 4.10. The van der Waals surface area contributed by atoms with E-state index in [2.05, 4.69) is 5.32 Å². The number of nitrogens with one attached hydrogen (secondary N) is 2. The molecule has 2 amide bonds. The van der Waals surface area contributed by atoms with Crippen LogP contribution in [0.4, 0.5) is 5.69 Å². The van der Waals surface area contributed by atoms with E-state index in [4.69, 9.17) is 27.9 Å². The van der Waals surface area contributed by atoms with Gasteiger partial charge in [0.15, 0.2) is 6.10 Å². The number of carbonyl (C=O) groups excluding carboxylic acids is 2. The minimum atomic E-state index is -4.17. The van der Waals surface area contributed by atoms with E-state index in [9.17, 15) is 18.0 Å². The first-order chi connectivity index (χ1) is 13.2. The van der Waals surface area contributed by atoms with Crippen molar-refractivity contribution < 1.29 is 22.7 Å². The van der Waals surface area contributed by atoms with Crippen molar-refractivity contribution in [2.75, 3.05) is 5.32 Å². The lowest BCUT2D eigenvalue weighted by Gasteiger charge is -2.25. The van der Waals surface area contributed by atoms with Gasteiger partial charge in [0.1, 0.15) is 5.75 Å². The molecule has 1 heterocycles. The number of sulfonamides is 1. The largest absolute Gasteiger partial charge is 0.478 e. The van der Waals surface area contributed by atoms with Gasteiger partial charge in [-0.25, -0.2) is 13.1 Å². The SMILES string of the molecule is CCC1Oc2ccc(S(=O)(=O)NC(=O)Cc3c(Cl)cccc3Cl)cc2NC1=O. The molecule has 0 aromatic heterocycles. The van der Waals surface area contributed by atoms with Crippen molar-refractivity contribution in [2.24, 2.45) is 0 Å². The summed E-state index contributed by atoms with van der Waals surface area (Å²) in [7, 11) is -4.17. The maximum atomic E-state index is 12.5. The van der Waals surface area contributed by atoms with Crippen LogP contribution >= 0.6 is 23.2 Å². The zero-order chi connectivity index (χ0) is 20.5. The number of anilines is 1. The lowest BCUT2D eigenvalue weighted by atomic mass is 10.1. The summed E-state index contributed by atoms with van der Waals surface area (Å²) in [6, 6.07) is 8.69. The Labute approximate surface area is 172 Å². The highest BCUT2D eigenvalue weighted by Gasteiger charge is 2.28. The predicted octanol–water partition coefficient (Wildman–Crippen LogP) is 3.15. The average molecular weight is 443 g/mol. The van der Waals surface area contributed by atoms with Gasteiger partial charge in [0.2, 0.25) is 5.91 Å². The van der Waals surface area contributed by atoms with Gasteiger partial charge in [0.05, 0.1) is 17.0 Å². The van der Waals surface area contributed by atoms with E-state index in [1.165, 1.54) is 18.2 Å². The van der Waals surface area contributed by atoms with E-state index in [1.807, 2.05) is 4.72 Å². The number of hydrogen-bond acceptors (Lipinski definition) is 5. The molecule has 0 saturated heterocycles. The van der Waals surface area contributed by atoms with Crippen LogP contribution in [0.25, 0.3) is 0 Å². The first-order valence-electron chi connectivity index (χ1n) is 8.31. The Morgan fingerprint density at radius 3 is 2.54 bits per heavy atom. The average Bonchev–Trinajstić information content (AvgIpc) is 2.63. The number of fused-ring (bicyclic) bond motifs is 1. The summed E-state index contributed by atoms with van der Waals surface area (Å²) in [5.74, 6) is -0.791. The van der Waals surface area contributed by atoms with E-state index in [0.29, 0.717) is 17.7 Å². The van der Waals surface area contributed by atoms with Crippen LogP contribution in [-0.2, 0) is 26.0 Å². The zero-order valence-corrected chi connectivity index (χ0v) is 17.0. The number of benzene rings is 2. The molecule has 10 heteroatoms. The number of amides is 2. The summed E-state index contributed by atoms with van der Waals surface area (Å²) in [5, 5.41) is 3.13. The van der Waals surface area contributed by atoms with E-state index in [1.54, 1.807) is 25.1 Å². The number of ether oxygens (including phenoxy) is 1. The lowest BCUT2D eigenvalue weighted by molar-refractivity contribution is -0.123. The molecule has 7 nitrogen and oxygen atoms in total. The summed E-state index contributed by atoms with van der Waals surface area (Å²) in [5.41, 5.74) is 0.550. The van der Waals surface area contributed by atoms with Crippen molar-refractivity contribution in [2.45, 2.75) is 30.8 Å². The number of rotatable bonds is 5. The second-order valence-corrected chi connectivity index (χ2v) is 8.56. The van der Waals surface area contributed by atoms with Gasteiger partial charge in [-0.1, -0.05) is 36.2 Å². The third-order valence-corrected chi connectivity index (χ3v) is 6.18. The minimum absolute atomic E-state index is 0.191. The Kier molecular flexibility index (Phi) is 5.83. The van der Waals surface area contributed by atoms with Crippen molar-refractivity contribution in [3.8, 4) is 5.75 Å².